The van der Waals surface area contributed by atoms with Crippen molar-refractivity contribution < 1.29 is 24.8 Å². The van der Waals surface area contributed by atoms with Crippen LogP contribution in [-0.4, -0.2) is 28.7 Å². The predicted molar refractivity (Wildman–Crippen MR) is 83.3 cm³/mol. The summed E-state index contributed by atoms with van der Waals surface area (Å²) < 4.78 is 6.08. The van der Waals surface area contributed by atoms with Crippen molar-refractivity contribution in [1.82, 2.24) is 0 Å². The molecule has 2 unspecified atom stereocenters. The number of phenols is 1. The highest BCUT2D eigenvalue weighted by atomic mass is 17.3. The summed E-state index contributed by atoms with van der Waals surface area (Å²) in [6.07, 6.45) is 1.17. The van der Waals surface area contributed by atoms with Crippen LogP contribution < -0.4 is 0 Å². The van der Waals surface area contributed by atoms with Gasteiger partial charge in [0.25, 0.3) is 5.79 Å². The normalized spacial score (nSPS) is 32.7. The molecule has 1 aromatic carbocycles. The summed E-state index contributed by atoms with van der Waals surface area (Å²) in [4.78, 5) is 11.3. The van der Waals surface area contributed by atoms with Crippen molar-refractivity contribution in [3.63, 3.8) is 0 Å². The summed E-state index contributed by atoms with van der Waals surface area (Å²) in [6.45, 7) is 10.9. The number of phenolic OH excluding ortho intramolecular Hbond substituents is 1. The molecule has 2 fully saturated rings. The molecule has 3 rings (SSSR count). The van der Waals surface area contributed by atoms with Gasteiger partial charge < -0.3 is 15.1 Å². The molecule has 0 aromatic heterocycles. The molecule has 1 aromatic rings. The van der Waals surface area contributed by atoms with Crippen molar-refractivity contribution in [3.8, 4) is 5.75 Å². The zero-order valence-electron chi connectivity index (χ0n) is 14.1. The quantitative estimate of drug-likeness (QED) is 0.378. The molecule has 6 nitrogen and oxygen atoms in total. The molecule has 2 N–H and O–H groups in total. The number of rotatable bonds is 2. The van der Waals surface area contributed by atoms with E-state index in [0.29, 0.717) is 17.7 Å². The van der Waals surface area contributed by atoms with E-state index in [1.54, 1.807) is 18.2 Å². The fourth-order valence-corrected chi connectivity index (χ4v) is 4.16. The van der Waals surface area contributed by atoms with Crippen LogP contribution in [0.1, 0.15) is 45.7 Å². The van der Waals surface area contributed by atoms with Crippen molar-refractivity contribution >= 4 is 6.21 Å². The largest absolute Gasteiger partial charge is 0.507 e. The molecule has 6 heteroatoms. The van der Waals surface area contributed by atoms with Gasteiger partial charge in [0.05, 0.1) is 12.8 Å². The summed E-state index contributed by atoms with van der Waals surface area (Å²) >= 11 is 0. The van der Waals surface area contributed by atoms with Crippen LogP contribution in [0.2, 0.25) is 0 Å². The number of aromatic hydroxyl groups is 1. The Morgan fingerprint density at radius 2 is 1.91 bits per heavy atom. The molecule has 23 heavy (non-hydrogen) atoms. The average Bonchev–Trinajstić information content (AvgIpc) is 2.55. The second kappa shape index (κ2) is 4.69. The minimum atomic E-state index is -1.07. The summed E-state index contributed by atoms with van der Waals surface area (Å²) in [5, 5.41) is 21.7. The van der Waals surface area contributed by atoms with E-state index in [1.807, 2.05) is 0 Å². The number of fused-ring (bicyclic) bond motifs is 1. The highest BCUT2D eigenvalue weighted by Gasteiger charge is 2.81. The highest BCUT2D eigenvalue weighted by molar-refractivity contribution is 5.83. The first-order chi connectivity index (χ1) is 10.6. The Morgan fingerprint density at radius 1 is 1.22 bits per heavy atom. The maximum Gasteiger partial charge on any atom is 0.261 e. The molecule has 2 atom stereocenters. The van der Waals surface area contributed by atoms with Crippen molar-refractivity contribution in [2.24, 2.45) is 16.0 Å². The Morgan fingerprint density at radius 3 is 2.39 bits per heavy atom. The molecule has 2 aliphatic rings. The maximum atomic E-state index is 10.2. The first kappa shape index (κ1) is 16.2. The van der Waals surface area contributed by atoms with Crippen LogP contribution in [0.4, 0.5) is 0 Å². The Balaban J connectivity index is 2.14. The summed E-state index contributed by atoms with van der Waals surface area (Å²) in [7, 11) is 0. The van der Waals surface area contributed by atoms with Gasteiger partial charge in [-0.1, -0.05) is 45.8 Å². The van der Waals surface area contributed by atoms with Gasteiger partial charge in [-0.25, -0.2) is 4.89 Å². The van der Waals surface area contributed by atoms with E-state index in [4.69, 9.17) is 19.7 Å². The van der Waals surface area contributed by atoms with Gasteiger partial charge in [0.1, 0.15) is 5.75 Å². The van der Waals surface area contributed by atoms with Gasteiger partial charge in [-0.15, -0.1) is 0 Å². The Bertz CT molecular complexity index is 663. The summed E-state index contributed by atoms with van der Waals surface area (Å²) in [5.41, 5.74) is -0.133. The van der Waals surface area contributed by atoms with Crippen LogP contribution in [0, 0.1) is 10.8 Å². The predicted octanol–water partition coefficient (Wildman–Crippen LogP) is 3.16. The van der Waals surface area contributed by atoms with Gasteiger partial charge in [0, 0.05) is 22.0 Å². The van der Waals surface area contributed by atoms with E-state index in [1.165, 1.54) is 6.21 Å². The summed E-state index contributed by atoms with van der Waals surface area (Å²) in [5.74, 6) is -1.08. The lowest BCUT2D eigenvalue weighted by Gasteiger charge is -2.61. The third kappa shape index (κ3) is 1.83. The third-order valence-electron chi connectivity index (χ3n) is 5.00. The molecule has 0 amide bonds. The van der Waals surface area contributed by atoms with E-state index in [0.717, 1.165) is 0 Å². The van der Waals surface area contributed by atoms with Crippen molar-refractivity contribution in [3.05, 3.63) is 29.3 Å². The molecule has 0 saturated carbocycles. The van der Waals surface area contributed by atoms with Crippen LogP contribution in [-0.2, 0) is 20.3 Å². The van der Waals surface area contributed by atoms with E-state index < -0.39 is 11.4 Å². The molecule has 2 saturated heterocycles. The van der Waals surface area contributed by atoms with Crippen LogP contribution in [0.5, 0.6) is 5.75 Å². The van der Waals surface area contributed by atoms with Crippen LogP contribution in [0.3, 0.4) is 0 Å². The lowest BCUT2D eigenvalue weighted by molar-refractivity contribution is -0.626. The fraction of sp³-hybridized carbons (Fsp3) is 0.588. The Kier molecular flexibility index (Phi) is 3.31. The number of benzene rings is 1. The lowest BCUT2D eigenvalue weighted by atomic mass is 9.57. The average molecular weight is 321 g/mol. The topological polar surface area (TPSA) is 80.5 Å². The SMILES string of the molecule is CC(C)(C)C12OOC1(c1ccc(C=NO)c(O)c1)OCC2(C)C. The first-order valence-corrected chi connectivity index (χ1v) is 7.63. The highest BCUT2D eigenvalue weighted by Crippen LogP contribution is 2.69. The van der Waals surface area contributed by atoms with Gasteiger partial charge >= 0.3 is 0 Å². The minimum absolute atomic E-state index is 0.0127. The Labute approximate surface area is 135 Å². The van der Waals surface area contributed by atoms with Crippen LogP contribution >= 0.6 is 0 Å². The minimum Gasteiger partial charge on any atom is -0.507 e. The van der Waals surface area contributed by atoms with Gasteiger partial charge in [0.2, 0.25) is 0 Å². The van der Waals surface area contributed by atoms with E-state index in [-0.39, 0.29) is 16.6 Å². The monoisotopic (exact) mass is 321 g/mol. The molecule has 0 aliphatic carbocycles. The number of hydrogen-bond acceptors (Lipinski definition) is 6. The molecule has 0 bridgehead atoms. The lowest BCUT2D eigenvalue weighted by Crippen LogP contribution is -2.73. The molecule has 0 spiro atoms. The van der Waals surface area contributed by atoms with Gasteiger partial charge in [-0.05, 0) is 12.1 Å². The van der Waals surface area contributed by atoms with Gasteiger partial charge in [-0.3, -0.25) is 0 Å². The van der Waals surface area contributed by atoms with E-state index in [9.17, 15) is 5.11 Å². The number of ether oxygens (including phenoxy) is 1. The Hall–Kier alpha value is -1.63. The number of hydrogen-bond donors (Lipinski definition) is 2. The van der Waals surface area contributed by atoms with Crippen LogP contribution in [0.25, 0.3) is 0 Å². The maximum absolute atomic E-state index is 10.2. The molecule has 0 radical (unpaired) electrons. The second-order valence-corrected chi connectivity index (χ2v) is 7.91. The van der Waals surface area contributed by atoms with Crippen molar-refractivity contribution in [2.75, 3.05) is 6.61 Å². The fourth-order valence-electron chi connectivity index (χ4n) is 4.16. The second-order valence-electron chi connectivity index (χ2n) is 7.91. The number of nitrogens with zero attached hydrogens (tertiary/aromatic N) is 1. The molecule has 126 valence electrons. The van der Waals surface area contributed by atoms with Gasteiger partial charge in [0.15, 0.2) is 5.60 Å². The standard InChI is InChI=1S/C17H23NO5/c1-14(2,3)17-15(4,5)10-21-16(17,22-23-17)12-7-6-11(9-18-20)13(19)8-12/h6-9,19-20H,10H2,1-5H3. The third-order valence-corrected chi connectivity index (χ3v) is 5.00. The van der Waals surface area contributed by atoms with E-state index >= 15 is 0 Å². The molecule has 2 aliphatic heterocycles. The molecular formula is C17H23NO5. The zero-order valence-corrected chi connectivity index (χ0v) is 14.1. The zero-order chi connectivity index (χ0) is 17.1. The molecular weight excluding hydrogens is 298 g/mol. The summed E-state index contributed by atoms with van der Waals surface area (Å²) in [6, 6.07) is 5.02. The number of oxime groups is 1. The molecule has 2 heterocycles. The van der Waals surface area contributed by atoms with Crippen LogP contribution in [0.15, 0.2) is 23.4 Å². The van der Waals surface area contributed by atoms with Crippen molar-refractivity contribution in [1.29, 1.82) is 0 Å². The smallest absolute Gasteiger partial charge is 0.261 e. The van der Waals surface area contributed by atoms with E-state index in [2.05, 4.69) is 39.8 Å². The van der Waals surface area contributed by atoms with Crippen molar-refractivity contribution in [2.45, 2.75) is 46.0 Å². The van der Waals surface area contributed by atoms with Gasteiger partial charge in [-0.2, -0.15) is 4.89 Å². The first-order valence-electron chi connectivity index (χ1n) is 7.63.